The molecule has 1 aliphatic rings. The average molecular weight is 304 g/mol. The number of benzene rings is 1. The standard InChI is InChI=1S/C11H13IO2/c1-13-7-14-11-5-4-9(6-10(11)12)8-2-3-8/h4-6,8H,2-3,7H2,1H3. The molecule has 1 saturated carbocycles. The highest BCUT2D eigenvalue weighted by Crippen LogP contribution is 2.41. The molecule has 0 saturated heterocycles. The third kappa shape index (κ3) is 2.39. The molecule has 0 bridgehead atoms. The molecule has 0 atom stereocenters. The summed E-state index contributed by atoms with van der Waals surface area (Å²) in [7, 11) is 1.63. The van der Waals surface area contributed by atoms with E-state index in [1.165, 1.54) is 22.0 Å². The Bertz CT molecular complexity index is 321. The van der Waals surface area contributed by atoms with E-state index in [0.717, 1.165) is 11.7 Å². The Morgan fingerprint density at radius 3 is 2.79 bits per heavy atom. The molecule has 0 unspecified atom stereocenters. The van der Waals surface area contributed by atoms with E-state index in [2.05, 4.69) is 34.7 Å². The zero-order valence-electron chi connectivity index (χ0n) is 8.13. The highest BCUT2D eigenvalue weighted by molar-refractivity contribution is 14.1. The Kier molecular flexibility index (Phi) is 3.28. The van der Waals surface area contributed by atoms with Crippen LogP contribution in [0, 0.1) is 3.57 Å². The van der Waals surface area contributed by atoms with Crippen LogP contribution in [0.4, 0.5) is 0 Å². The van der Waals surface area contributed by atoms with Crippen LogP contribution in [0.3, 0.4) is 0 Å². The minimum atomic E-state index is 0.318. The van der Waals surface area contributed by atoms with E-state index in [9.17, 15) is 0 Å². The van der Waals surface area contributed by atoms with Crippen LogP contribution in [0.5, 0.6) is 5.75 Å². The number of halogens is 1. The van der Waals surface area contributed by atoms with E-state index in [-0.39, 0.29) is 0 Å². The zero-order valence-corrected chi connectivity index (χ0v) is 10.3. The SMILES string of the molecule is COCOc1ccc(C2CC2)cc1I. The summed E-state index contributed by atoms with van der Waals surface area (Å²) in [6, 6.07) is 6.41. The van der Waals surface area contributed by atoms with Crippen LogP contribution in [-0.4, -0.2) is 13.9 Å². The Balaban J connectivity index is 2.09. The lowest BCUT2D eigenvalue weighted by Crippen LogP contribution is -2.00. The highest BCUT2D eigenvalue weighted by Gasteiger charge is 2.23. The van der Waals surface area contributed by atoms with Gasteiger partial charge >= 0.3 is 0 Å². The number of rotatable bonds is 4. The van der Waals surface area contributed by atoms with Crippen LogP contribution in [0.2, 0.25) is 0 Å². The second-order valence-electron chi connectivity index (χ2n) is 3.51. The van der Waals surface area contributed by atoms with E-state index in [1.54, 1.807) is 7.11 Å². The Morgan fingerprint density at radius 1 is 1.43 bits per heavy atom. The first-order valence-corrected chi connectivity index (χ1v) is 5.80. The maximum atomic E-state index is 5.41. The van der Waals surface area contributed by atoms with Crippen molar-refractivity contribution in [2.45, 2.75) is 18.8 Å². The van der Waals surface area contributed by atoms with Gasteiger partial charge in [-0.15, -0.1) is 0 Å². The van der Waals surface area contributed by atoms with Crippen molar-refractivity contribution in [1.29, 1.82) is 0 Å². The quantitative estimate of drug-likeness (QED) is 0.628. The average Bonchev–Trinajstić information content (AvgIpc) is 2.99. The van der Waals surface area contributed by atoms with Gasteiger partial charge in [0.05, 0.1) is 3.57 Å². The van der Waals surface area contributed by atoms with Crippen molar-refractivity contribution in [2.24, 2.45) is 0 Å². The molecular weight excluding hydrogens is 291 g/mol. The van der Waals surface area contributed by atoms with Crippen molar-refractivity contribution in [3.63, 3.8) is 0 Å². The predicted molar refractivity (Wildman–Crippen MR) is 63.6 cm³/mol. The fourth-order valence-electron chi connectivity index (χ4n) is 1.43. The summed E-state index contributed by atoms with van der Waals surface area (Å²) in [4.78, 5) is 0. The van der Waals surface area contributed by atoms with E-state index in [1.807, 2.05) is 6.07 Å². The number of hydrogen-bond acceptors (Lipinski definition) is 2. The lowest BCUT2D eigenvalue weighted by atomic mass is 10.1. The summed E-state index contributed by atoms with van der Waals surface area (Å²) < 4.78 is 11.4. The summed E-state index contributed by atoms with van der Waals surface area (Å²) in [6.07, 6.45) is 2.68. The summed E-state index contributed by atoms with van der Waals surface area (Å²) in [6.45, 7) is 0.318. The maximum Gasteiger partial charge on any atom is 0.188 e. The van der Waals surface area contributed by atoms with Crippen molar-refractivity contribution in [2.75, 3.05) is 13.9 Å². The maximum absolute atomic E-state index is 5.41. The molecule has 2 rings (SSSR count). The first-order valence-electron chi connectivity index (χ1n) is 4.72. The molecule has 0 aliphatic heterocycles. The minimum absolute atomic E-state index is 0.318. The lowest BCUT2D eigenvalue weighted by molar-refractivity contribution is 0.0505. The van der Waals surface area contributed by atoms with E-state index < -0.39 is 0 Å². The molecular formula is C11H13IO2. The van der Waals surface area contributed by atoms with Gasteiger partial charge in [0.2, 0.25) is 0 Å². The Hall–Kier alpha value is -0.290. The summed E-state index contributed by atoms with van der Waals surface area (Å²) in [5.74, 6) is 1.72. The third-order valence-corrected chi connectivity index (χ3v) is 3.18. The van der Waals surface area contributed by atoms with Crippen molar-refractivity contribution in [1.82, 2.24) is 0 Å². The monoisotopic (exact) mass is 304 g/mol. The number of ether oxygens (including phenoxy) is 2. The van der Waals surface area contributed by atoms with E-state index in [4.69, 9.17) is 9.47 Å². The van der Waals surface area contributed by atoms with Gasteiger partial charge in [-0.05, 0) is 59.0 Å². The van der Waals surface area contributed by atoms with Gasteiger partial charge in [0.25, 0.3) is 0 Å². The van der Waals surface area contributed by atoms with Gasteiger partial charge in [-0.3, -0.25) is 0 Å². The van der Waals surface area contributed by atoms with Crippen LogP contribution >= 0.6 is 22.6 Å². The van der Waals surface area contributed by atoms with Gasteiger partial charge in [0.1, 0.15) is 5.75 Å². The summed E-state index contributed by atoms with van der Waals surface area (Å²) in [5, 5.41) is 0. The molecule has 3 heteroatoms. The lowest BCUT2D eigenvalue weighted by Gasteiger charge is -2.08. The first-order chi connectivity index (χ1) is 6.81. The molecule has 0 spiro atoms. The van der Waals surface area contributed by atoms with Gasteiger partial charge in [-0.2, -0.15) is 0 Å². The smallest absolute Gasteiger partial charge is 0.188 e. The second-order valence-corrected chi connectivity index (χ2v) is 4.68. The Labute approximate surface area is 97.7 Å². The number of methoxy groups -OCH3 is 1. The Morgan fingerprint density at radius 2 is 2.21 bits per heavy atom. The van der Waals surface area contributed by atoms with Crippen molar-refractivity contribution >= 4 is 22.6 Å². The number of hydrogen-bond donors (Lipinski definition) is 0. The normalized spacial score (nSPS) is 15.6. The van der Waals surface area contributed by atoms with Crippen LogP contribution in [0.1, 0.15) is 24.3 Å². The molecule has 0 heterocycles. The molecule has 76 valence electrons. The van der Waals surface area contributed by atoms with Crippen LogP contribution < -0.4 is 4.74 Å². The first kappa shape index (κ1) is 10.2. The molecule has 0 radical (unpaired) electrons. The molecule has 1 aromatic carbocycles. The predicted octanol–water partition coefficient (Wildman–Crippen LogP) is 3.15. The molecule has 1 aromatic rings. The van der Waals surface area contributed by atoms with Crippen LogP contribution in [0.25, 0.3) is 0 Å². The minimum Gasteiger partial charge on any atom is -0.466 e. The van der Waals surface area contributed by atoms with Gasteiger partial charge < -0.3 is 9.47 Å². The molecule has 2 nitrogen and oxygen atoms in total. The highest BCUT2D eigenvalue weighted by atomic mass is 127. The molecule has 14 heavy (non-hydrogen) atoms. The van der Waals surface area contributed by atoms with Crippen LogP contribution in [0.15, 0.2) is 18.2 Å². The van der Waals surface area contributed by atoms with E-state index >= 15 is 0 Å². The van der Waals surface area contributed by atoms with Crippen molar-refractivity contribution < 1.29 is 9.47 Å². The largest absolute Gasteiger partial charge is 0.466 e. The van der Waals surface area contributed by atoms with Gasteiger partial charge in [0, 0.05) is 7.11 Å². The van der Waals surface area contributed by atoms with Crippen LogP contribution in [-0.2, 0) is 4.74 Å². The van der Waals surface area contributed by atoms with Gasteiger partial charge in [0.15, 0.2) is 6.79 Å². The topological polar surface area (TPSA) is 18.5 Å². The van der Waals surface area contributed by atoms with E-state index in [0.29, 0.717) is 6.79 Å². The fraction of sp³-hybridized carbons (Fsp3) is 0.455. The summed E-state index contributed by atoms with van der Waals surface area (Å²) >= 11 is 2.31. The molecule has 0 aromatic heterocycles. The van der Waals surface area contributed by atoms with Crippen molar-refractivity contribution in [3.8, 4) is 5.75 Å². The second kappa shape index (κ2) is 4.49. The third-order valence-electron chi connectivity index (χ3n) is 2.34. The zero-order chi connectivity index (χ0) is 9.97. The van der Waals surface area contributed by atoms with Crippen molar-refractivity contribution in [3.05, 3.63) is 27.3 Å². The molecule has 0 N–H and O–H groups in total. The van der Waals surface area contributed by atoms with Gasteiger partial charge in [-0.1, -0.05) is 6.07 Å². The molecule has 1 fully saturated rings. The fourth-order valence-corrected chi connectivity index (χ4v) is 2.12. The molecule has 1 aliphatic carbocycles. The van der Waals surface area contributed by atoms with Gasteiger partial charge in [-0.25, -0.2) is 0 Å². The summed E-state index contributed by atoms with van der Waals surface area (Å²) in [5.41, 5.74) is 1.44. The molecule has 0 amide bonds.